The molecule has 0 fully saturated rings. The van der Waals surface area contributed by atoms with Gasteiger partial charge in [0.2, 0.25) is 0 Å². The van der Waals surface area contributed by atoms with Gasteiger partial charge in [0.15, 0.2) is 0 Å². The Balaban J connectivity index is 1.89. The summed E-state index contributed by atoms with van der Waals surface area (Å²) in [5.74, 6) is -0.0289. The summed E-state index contributed by atoms with van der Waals surface area (Å²) in [7, 11) is 0. The molecule has 0 spiro atoms. The number of alkyl halides is 2. The zero-order valence-corrected chi connectivity index (χ0v) is 12.7. The van der Waals surface area contributed by atoms with E-state index in [9.17, 15) is 13.6 Å². The van der Waals surface area contributed by atoms with Crippen LogP contribution in [-0.4, -0.2) is 17.6 Å². The molecule has 0 aliphatic carbocycles. The first-order valence-electron chi connectivity index (χ1n) is 6.68. The second kappa shape index (κ2) is 8.28. The van der Waals surface area contributed by atoms with Gasteiger partial charge in [0.05, 0.1) is 0 Å². The molecule has 0 aliphatic rings. The van der Waals surface area contributed by atoms with E-state index in [0.29, 0.717) is 17.1 Å². The number of rotatable bonds is 6. The first-order valence-corrected chi connectivity index (χ1v) is 7.06. The van der Waals surface area contributed by atoms with Gasteiger partial charge in [0.1, 0.15) is 5.75 Å². The lowest BCUT2D eigenvalue weighted by Gasteiger charge is -2.12. The van der Waals surface area contributed by atoms with Crippen LogP contribution in [0.4, 0.5) is 13.6 Å². The van der Waals surface area contributed by atoms with Crippen molar-refractivity contribution in [3.63, 3.8) is 0 Å². The Labute approximate surface area is 136 Å². The van der Waals surface area contributed by atoms with Gasteiger partial charge >= 0.3 is 12.6 Å². The highest BCUT2D eigenvalue weighted by Crippen LogP contribution is 2.24. The van der Waals surface area contributed by atoms with E-state index in [0.717, 1.165) is 5.56 Å². The van der Waals surface area contributed by atoms with Crippen LogP contribution in [0, 0.1) is 0 Å². The standard InChI is InChI=1S/C15H14ClF2N3O2/c16-12-1-2-13(23-14(17)18)11(7-12)9-21-15(22)20-8-10-3-5-19-6-4-10/h1-7,14H,8-9H2,(H2,20,21,22). The number of aromatic nitrogens is 1. The van der Waals surface area contributed by atoms with Crippen molar-refractivity contribution in [1.29, 1.82) is 0 Å². The highest BCUT2D eigenvalue weighted by molar-refractivity contribution is 6.30. The second-order valence-electron chi connectivity index (χ2n) is 4.52. The van der Waals surface area contributed by atoms with Crippen molar-refractivity contribution in [1.82, 2.24) is 15.6 Å². The molecule has 122 valence electrons. The highest BCUT2D eigenvalue weighted by atomic mass is 35.5. The molecule has 5 nitrogen and oxygen atoms in total. The molecule has 0 atom stereocenters. The average Bonchev–Trinajstić information content (AvgIpc) is 2.53. The van der Waals surface area contributed by atoms with Crippen LogP contribution in [0.3, 0.4) is 0 Å². The molecule has 8 heteroatoms. The molecule has 1 heterocycles. The molecule has 0 unspecified atom stereocenters. The summed E-state index contributed by atoms with van der Waals surface area (Å²) < 4.78 is 29.1. The number of carbonyl (C=O) groups is 1. The molecule has 2 rings (SSSR count). The summed E-state index contributed by atoms with van der Waals surface area (Å²) in [6.45, 7) is -2.62. The van der Waals surface area contributed by atoms with Crippen LogP contribution in [0.15, 0.2) is 42.7 Å². The lowest BCUT2D eigenvalue weighted by atomic mass is 10.2. The Morgan fingerprint density at radius 2 is 1.87 bits per heavy atom. The molecule has 2 amide bonds. The molecule has 23 heavy (non-hydrogen) atoms. The number of hydrogen-bond acceptors (Lipinski definition) is 3. The van der Waals surface area contributed by atoms with E-state index in [1.807, 2.05) is 0 Å². The molecule has 0 saturated heterocycles. The Kier molecular flexibility index (Phi) is 6.10. The number of ether oxygens (including phenoxy) is 1. The highest BCUT2D eigenvalue weighted by Gasteiger charge is 2.11. The summed E-state index contributed by atoms with van der Waals surface area (Å²) in [6.07, 6.45) is 3.24. The van der Waals surface area contributed by atoms with Crippen LogP contribution in [-0.2, 0) is 13.1 Å². The predicted octanol–water partition coefficient (Wildman–Crippen LogP) is 3.34. The number of pyridine rings is 1. The molecule has 1 aromatic heterocycles. The van der Waals surface area contributed by atoms with E-state index in [1.54, 1.807) is 24.5 Å². The second-order valence-corrected chi connectivity index (χ2v) is 4.96. The molecule has 0 radical (unpaired) electrons. The number of urea groups is 1. The molecule has 1 aromatic carbocycles. The van der Waals surface area contributed by atoms with Crippen molar-refractivity contribution in [2.24, 2.45) is 0 Å². The van der Waals surface area contributed by atoms with E-state index in [2.05, 4.69) is 20.4 Å². The molecule has 0 saturated carbocycles. The minimum absolute atomic E-state index is 0.00475. The zero-order chi connectivity index (χ0) is 16.7. The van der Waals surface area contributed by atoms with E-state index in [1.165, 1.54) is 18.2 Å². The third-order valence-corrected chi connectivity index (χ3v) is 3.12. The van der Waals surface area contributed by atoms with Gasteiger partial charge < -0.3 is 15.4 Å². The van der Waals surface area contributed by atoms with Crippen molar-refractivity contribution in [2.75, 3.05) is 0 Å². The first kappa shape index (κ1) is 17.0. The van der Waals surface area contributed by atoms with Crippen molar-refractivity contribution in [3.8, 4) is 5.75 Å². The minimum atomic E-state index is -2.95. The van der Waals surface area contributed by atoms with Gasteiger partial charge in [-0.2, -0.15) is 8.78 Å². The minimum Gasteiger partial charge on any atom is -0.434 e. The van der Waals surface area contributed by atoms with Crippen LogP contribution in [0.25, 0.3) is 0 Å². The smallest absolute Gasteiger partial charge is 0.387 e. The number of carbonyl (C=O) groups excluding carboxylic acids is 1. The van der Waals surface area contributed by atoms with E-state index in [4.69, 9.17) is 11.6 Å². The van der Waals surface area contributed by atoms with Crippen molar-refractivity contribution >= 4 is 17.6 Å². The number of nitrogens with one attached hydrogen (secondary N) is 2. The van der Waals surface area contributed by atoms with Crippen molar-refractivity contribution in [3.05, 3.63) is 58.9 Å². The first-order chi connectivity index (χ1) is 11.0. The van der Waals surface area contributed by atoms with Crippen molar-refractivity contribution < 1.29 is 18.3 Å². The predicted molar refractivity (Wildman–Crippen MR) is 81.4 cm³/mol. The Bertz CT molecular complexity index is 656. The maximum atomic E-state index is 12.3. The maximum absolute atomic E-state index is 12.3. The maximum Gasteiger partial charge on any atom is 0.387 e. The Hall–Kier alpha value is -2.41. The fourth-order valence-electron chi connectivity index (χ4n) is 1.82. The topological polar surface area (TPSA) is 63.2 Å². The summed E-state index contributed by atoms with van der Waals surface area (Å²) >= 11 is 5.83. The summed E-state index contributed by atoms with van der Waals surface area (Å²) in [5.41, 5.74) is 1.25. The summed E-state index contributed by atoms with van der Waals surface area (Å²) in [5, 5.41) is 5.57. The monoisotopic (exact) mass is 341 g/mol. The van der Waals surface area contributed by atoms with Crippen molar-refractivity contribution in [2.45, 2.75) is 19.7 Å². The SMILES string of the molecule is O=C(NCc1ccncc1)NCc1cc(Cl)ccc1OC(F)F. The number of benzene rings is 1. The average molecular weight is 342 g/mol. The lowest BCUT2D eigenvalue weighted by molar-refractivity contribution is -0.0504. The van der Waals surface area contributed by atoms with Gasteiger partial charge in [-0.15, -0.1) is 0 Å². The third-order valence-electron chi connectivity index (χ3n) is 2.88. The molecular formula is C15H14ClF2N3O2. The fraction of sp³-hybridized carbons (Fsp3) is 0.200. The molecule has 2 aromatic rings. The summed E-state index contributed by atoms with van der Waals surface area (Å²) in [6, 6.07) is 7.33. The zero-order valence-electron chi connectivity index (χ0n) is 11.9. The number of amides is 2. The summed E-state index contributed by atoms with van der Waals surface area (Å²) in [4.78, 5) is 15.6. The van der Waals surface area contributed by atoms with E-state index < -0.39 is 12.6 Å². The lowest BCUT2D eigenvalue weighted by Crippen LogP contribution is -2.34. The largest absolute Gasteiger partial charge is 0.434 e. The molecule has 2 N–H and O–H groups in total. The fourth-order valence-corrected chi connectivity index (χ4v) is 2.01. The van der Waals surface area contributed by atoms with Crippen LogP contribution >= 0.6 is 11.6 Å². The van der Waals surface area contributed by atoms with Crippen LogP contribution < -0.4 is 15.4 Å². The van der Waals surface area contributed by atoms with E-state index in [-0.39, 0.29) is 12.3 Å². The quantitative estimate of drug-likeness (QED) is 0.847. The van der Waals surface area contributed by atoms with E-state index >= 15 is 0 Å². The van der Waals surface area contributed by atoms with Crippen LogP contribution in [0.2, 0.25) is 5.02 Å². The van der Waals surface area contributed by atoms with Gasteiger partial charge in [-0.3, -0.25) is 4.98 Å². The molecule has 0 bridgehead atoms. The Morgan fingerprint density at radius 3 is 2.57 bits per heavy atom. The Morgan fingerprint density at radius 1 is 1.17 bits per heavy atom. The number of hydrogen-bond donors (Lipinski definition) is 2. The van der Waals surface area contributed by atoms with Gasteiger partial charge in [0.25, 0.3) is 0 Å². The van der Waals surface area contributed by atoms with Gasteiger partial charge in [-0.25, -0.2) is 4.79 Å². The van der Waals surface area contributed by atoms with Gasteiger partial charge in [0, 0.05) is 36.1 Å². The third kappa shape index (κ3) is 5.71. The van der Waals surface area contributed by atoms with Crippen LogP contribution in [0.1, 0.15) is 11.1 Å². The number of nitrogens with zero attached hydrogens (tertiary/aromatic N) is 1. The molecule has 0 aliphatic heterocycles. The molecular weight excluding hydrogens is 328 g/mol. The van der Waals surface area contributed by atoms with Gasteiger partial charge in [-0.1, -0.05) is 11.6 Å². The number of halogens is 3. The normalized spacial score (nSPS) is 10.4. The van der Waals surface area contributed by atoms with Crippen LogP contribution in [0.5, 0.6) is 5.75 Å². The van der Waals surface area contributed by atoms with Gasteiger partial charge in [-0.05, 0) is 35.9 Å².